The van der Waals surface area contributed by atoms with E-state index in [-0.39, 0.29) is 6.10 Å². The quantitative estimate of drug-likeness (QED) is 0.789. The molecule has 2 heterocycles. The highest BCUT2D eigenvalue weighted by molar-refractivity contribution is 5.56. The second-order valence-corrected chi connectivity index (χ2v) is 4.53. The van der Waals surface area contributed by atoms with Crippen LogP contribution in [0.5, 0.6) is 0 Å². The Kier molecular flexibility index (Phi) is 3.34. The van der Waals surface area contributed by atoms with Crippen LogP contribution in [0, 0.1) is 18.3 Å². The number of hydrogen-bond donors (Lipinski definition) is 0. The molecule has 2 rings (SSSR count). The predicted octanol–water partition coefficient (Wildman–Crippen LogP) is 1.22. The standard InChI is InChI=1S/C12H18N4O/c1-9-11(7-13)12(16(3)14-9)15(2)8-10-5-4-6-17-10/h10H,4-6,8H2,1-3H3. The van der Waals surface area contributed by atoms with Crippen LogP contribution in [0.4, 0.5) is 5.82 Å². The van der Waals surface area contributed by atoms with Gasteiger partial charge in [-0.25, -0.2) is 0 Å². The third-order valence-corrected chi connectivity index (χ3v) is 3.17. The van der Waals surface area contributed by atoms with Crippen LogP contribution in [-0.2, 0) is 11.8 Å². The molecule has 0 bridgehead atoms. The van der Waals surface area contributed by atoms with Crippen molar-refractivity contribution in [2.24, 2.45) is 7.05 Å². The van der Waals surface area contributed by atoms with E-state index in [1.54, 1.807) is 4.68 Å². The summed E-state index contributed by atoms with van der Waals surface area (Å²) in [5.41, 5.74) is 1.44. The van der Waals surface area contributed by atoms with Gasteiger partial charge in [0, 0.05) is 27.2 Å². The molecule has 0 aliphatic carbocycles. The molecule has 1 aromatic rings. The molecule has 0 saturated carbocycles. The Morgan fingerprint density at radius 3 is 3.00 bits per heavy atom. The lowest BCUT2D eigenvalue weighted by Crippen LogP contribution is -2.30. The number of aryl methyl sites for hydroxylation is 2. The Morgan fingerprint density at radius 1 is 1.65 bits per heavy atom. The van der Waals surface area contributed by atoms with Crippen molar-refractivity contribution in [1.29, 1.82) is 5.26 Å². The van der Waals surface area contributed by atoms with Crippen molar-refractivity contribution in [1.82, 2.24) is 9.78 Å². The molecule has 1 aliphatic heterocycles. The van der Waals surface area contributed by atoms with Crippen molar-refractivity contribution < 1.29 is 4.74 Å². The lowest BCUT2D eigenvalue weighted by molar-refractivity contribution is 0.116. The van der Waals surface area contributed by atoms with E-state index in [2.05, 4.69) is 16.1 Å². The molecule has 17 heavy (non-hydrogen) atoms. The molecule has 1 aliphatic rings. The maximum atomic E-state index is 9.16. The van der Waals surface area contributed by atoms with Gasteiger partial charge in [-0.3, -0.25) is 4.68 Å². The van der Waals surface area contributed by atoms with Crippen LogP contribution in [0.3, 0.4) is 0 Å². The van der Waals surface area contributed by atoms with Gasteiger partial charge in [-0.2, -0.15) is 10.4 Å². The zero-order valence-electron chi connectivity index (χ0n) is 10.6. The summed E-state index contributed by atoms with van der Waals surface area (Å²) in [6.07, 6.45) is 2.51. The van der Waals surface area contributed by atoms with Gasteiger partial charge in [0.15, 0.2) is 0 Å². The Hall–Kier alpha value is -1.54. The first-order valence-electron chi connectivity index (χ1n) is 5.90. The van der Waals surface area contributed by atoms with Crippen molar-refractivity contribution in [2.45, 2.75) is 25.9 Å². The Morgan fingerprint density at radius 2 is 2.41 bits per heavy atom. The normalized spacial score (nSPS) is 19.3. The molecule has 1 fully saturated rings. The first kappa shape index (κ1) is 11.9. The van der Waals surface area contributed by atoms with Gasteiger partial charge < -0.3 is 9.64 Å². The average molecular weight is 234 g/mol. The van der Waals surface area contributed by atoms with Gasteiger partial charge in [0.25, 0.3) is 0 Å². The second-order valence-electron chi connectivity index (χ2n) is 4.53. The molecular weight excluding hydrogens is 216 g/mol. The van der Waals surface area contributed by atoms with Gasteiger partial charge in [0.05, 0.1) is 11.8 Å². The van der Waals surface area contributed by atoms with Crippen LogP contribution in [0.15, 0.2) is 0 Å². The van der Waals surface area contributed by atoms with E-state index in [1.807, 2.05) is 21.0 Å². The fourth-order valence-corrected chi connectivity index (χ4v) is 2.40. The summed E-state index contributed by atoms with van der Waals surface area (Å²) in [6, 6.07) is 2.22. The Bertz CT molecular complexity index is 440. The van der Waals surface area contributed by atoms with E-state index < -0.39 is 0 Å². The molecule has 1 unspecified atom stereocenters. The molecule has 0 N–H and O–H groups in total. The first-order valence-corrected chi connectivity index (χ1v) is 5.90. The zero-order chi connectivity index (χ0) is 12.4. The fourth-order valence-electron chi connectivity index (χ4n) is 2.40. The van der Waals surface area contributed by atoms with Crippen LogP contribution in [0.2, 0.25) is 0 Å². The largest absolute Gasteiger partial charge is 0.376 e. The molecule has 1 atom stereocenters. The van der Waals surface area contributed by atoms with Crippen LogP contribution < -0.4 is 4.90 Å². The molecule has 0 amide bonds. The van der Waals surface area contributed by atoms with E-state index in [1.165, 1.54) is 0 Å². The zero-order valence-corrected chi connectivity index (χ0v) is 10.6. The highest BCUT2D eigenvalue weighted by Crippen LogP contribution is 2.23. The monoisotopic (exact) mass is 234 g/mol. The minimum atomic E-state index is 0.279. The Labute approximate surface area is 102 Å². The van der Waals surface area contributed by atoms with Gasteiger partial charge in [-0.1, -0.05) is 0 Å². The molecule has 0 aromatic carbocycles. The van der Waals surface area contributed by atoms with E-state index >= 15 is 0 Å². The molecule has 5 heteroatoms. The Balaban J connectivity index is 2.18. The van der Waals surface area contributed by atoms with E-state index in [9.17, 15) is 0 Å². The van der Waals surface area contributed by atoms with Crippen molar-refractivity contribution >= 4 is 5.82 Å². The minimum Gasteiger partial charge on any atom is -0.376 e. The first-order chi connectivity index (χ1) is 8.13. The summed E-state index contributed by atoms with van der Waals surface area (Å²) in [4.78, 5) is 2.06. The lowest BCUT2D eigenvalue weighted by atomic mass is 10.2. The number of hydrogen-bond acceptors (Lipinski definition) is 4. The topological polar surface area (TPSA) is 54.1 Å². The summed E-state index contributed by atoms with van der Waals surface area (Å²) >= 11 is 0. The highest BCUT2D eigenvalue weighted by atomic mass is 16.5. The maximum absolute atomic E-state index is 9.16. The molecule has 1 saturated heterocycles. The summed E-state index contributed by atoms with van der Waals surface area (Å²) in [7, 11) is 3.86. The molecule has 1 aromatic heterocycles. The SMILES string of the molecule is Cc1nn(C)c(N(C)CC2CCCO2)c1C#N. The number of rotatable bonds is 3. The van der Waals surface area contributed by atoms with Crippen molar-refractivity contribution in [3.8, 4) is 6.07 Å². The summed E-state index contributed by atoms with van der Waals surface area (Å²) < 4.78 is 7.38. The molecular formula is C12H18N4O. The van der Waals surface area contributed by atoms with Crippen molar-refractivity contribution in [3.63, 3.8) is 0 Å². The molecule has 0 radical (unpaired) electrons. The number of nitrogens with zero attached hydrogens (tertiary/aromatic N) is 4. The number of anilines is 1. The predicted molar refractivity (Wildman–Crippen MR) is 64.9 cm³/mol. The number of likely N-dealkylation sites (N-methyl/N-ethyl adjacent to an activating group) is 1. The van der Waals surface area contributed by atoms with Gasteiger partial charge >= 0.3 is 0 Å². The third-order valence-electron chi connectivity index (χ3n) is 3.17. The van der Waals surface area contributed by atoms with Crippen LogP contribution in [0.1, 0.15) is 24.1 Å². The van der Waals surface area contributed by atoms with E-state index in [0.29, 0.717) is 5.56 Å². The van der Waals surface area contributed by atoms with E-state index in [0.717, 1.165) is 37.5 Å². The van der Waals surface area contributed by atoms with Crippen LogP contribution in [0.25, 0.3) is 0 Å². The van der Waals surface area contributed by atoms with Crippen LogP contribution in [-0.4, -0.2) is 36.1 Å². The number of nitriles is 1. The summed E-state index contributed by atoms with van der Waals surface area (Å²) in [5, 5.41) is 13.5. The third kappa shape index (κ3) is 2.27. The van der Waals surface area contributed by atoms with Crippen molar-refractivity contribution in [2.75, 3.05) is 25.1 Å². The lowest BCUT2D eigenvalue weighted by Gasteiger charge is -2.22. The van der Waals surface area contributed by atoms with Gasteiger partial charge in [-0.05, 0) is 19.8 Å². The molecule has 0 spiro atoms. The number of ether oxygens (including phenoxy) is 1. The highest BCUT2D eigenvalue weighted by Gasteiger charge is 2.22. The van der Waals surface area contributed by atoms with E-state index in [4.69, 9.17) is 10.00 Å². The van der Waals surface area contributed by atoms with Gasteiger partial charge in [-0.15, -0.1) is 0 Å². The van der Waals surface area contributed by atoms with Gasteiger partial charge in [0.2, 0.25) is 0 Å². The average Bonchev–Trinajstić information content (AvgIpc) is 2.85. The smallest absolute Gasteiger partial charge is 0.144 e. The summed E-state index contributed by atoms with van der Waals surface area (Å²) in [6.45, 7) is 3.53. The summed E-state index contributed by atoms with van der Waals surface area (Å²) in [5.74, 6) is 0.875. The van der Waals surface area contributed by atoms with Crippen LogP contribution >= 0.6 is 0 Å². The maximum Gasteiger partial charge on any atom is 0.144 e. The van der Waals surface area contributed by atoms with Gasteiger partial charge in [0.1, 0.15) is 17.5 Å². The van der Waals surface area contributed by atoms with Crippen molar-refractivity contribution in [3.05, 3.63) is 11.3 Å². The minimum absolute atomic E-state index is 0.279. The molecule has 92 valence electrons. The fraction of sp³-hybridized carbons (Fsp3) is 0.667. The number of aromatic nitrogens is 2. The molecule has 5 nitrogen and oxygen atoms in total. The second kappa shape index (κ2) is 4.76.